The molecule has 0 aromatic heterocycles. The Morgan fingerprint density at radius 1 is 1.26 bits per heavy atom. The number of methoxy groups -OCH3 is 1. The van der Waals surface area contributed by atoms with Gasteiger partial charge in [0.1, 0.15) is 11.5 Å². The van der Waals surface area contributed by atoms with Gasteiger partial charge in [-0.2, -0.15) is 12.6 Å². The molecule has 19 heavy (non-hydrogen) atoms. The van der Waals surface area contributed by atoms with Crippen molar-refractivity contribution in [2.24, 2.45) is 5.41 Å². The van der Waals surface area contributed by atoms with Crippen molar-refractivity contribution < 1.29 is 9.47 Å². The molecule has 0 saturated heterocycles. The van der Waals surface area contributed by atoms with Gasteiger partial charge in [0.15, 0.2) is 0 Å². The highest BCUT2D eigenvalue weighted by molar-refractivity contribution is 9.10. The molecule has 2 rings (SSSR count). The van der Waals surface area contributed by atoms with Crippen molar-refractivity contribution in [3.05, 3.63) is 22.7 Å². The van der Waals surface area contributed by atoms with Gasteiger partial charge in [0.25, 0.3) is 0 Å². The first-order valence-electron chi connectivity index (χ1n) is 6.76. The van der Waals surface area contributed by atoms with Crippen LogP contribution in [0.5, 0.6) is 11.5 Å². The minimum atomic E-state index is 0.251. The Balaban J connectivity index is 2.01. The molecule has 0 N–H and O–H groups in total. The average molecular weight is 345 g/mol. The maximum Gasteiger partial charge on any atom is 0.133 e. The van der Waals surface area contributed by atoms with Crippen molar-refractivity contribution in [2.45, 2.75) is 32.1 Å². The summed E-state index contributed by atoms with van der Waals surface area (Å²) in [7, 11) is 1.67. The largest absolute Gasteiger partial charge is 0.497 e. The molecular weight excluding hydrogens is 324 g/mol. The topological polar surface area (TPSA) is 18.5 Å². The molecule has 1 aromatic rings. The molecule has 0 spiro atoms. The predicted octanol–water partition coefficient (Wildman–Crippen LogP) is 4.72. The molecule has 106 valence electrons. The van der Waals surface area contributed by atoms with Gasteiger partial charge in [-0.05, 0) is 52.7 Å². The predicted molar refractivity (Wildman–Crippen MR) is 85.6 cm³/mol. The van der Waals surface area contributed by atoms with Gasteiger partial charge in [0.05, 0.1) is 18.2 Å². The first-order valence-corrected chi connectivity index (χ1v) is 8.19. The highest BCUT2D eigenvalue weighted by atomic mass is 79.9. The Kier molecular flexibility index (Phi) is 5.46. The van der Waals surface area contributed by atoms with Crippen LogP contribution in [-0.4, -0.2) is 19.5 Å². The molecule has 0 radical (unpaired) electrons. The Morgan fingerprint density at radius 3 is 2.58 bits per heavy atom. The van der Waals surface area contributed by atoms with E-state index in [1.165, 1.54) is 32.1 Å². The van der Waals surface area contributed by atoms with E-state index in [0.29, 0.717) is 0 Å². The van der Waals surface area contributed by atoms with E-state index < -0.39 is 0 Å². The smallest absolute Gasteiger partial charge is 0.133 e. The Bertz CT molecular complexity index is 417. The molecule has 0 atom stereocenters. The summed E-state index contributed by atoms with van der Waals surface area (Å²) in [6.45, 7) is 0.751. The summed E-state index contributed by atoms with van der Waals surface area (Å²) in [5.74, 6) is 2.62. The summed E-state index contributed by atoms with van der Waals surface area (Å²) >= 11 is 8.07. The molecule has 1 fully saturated rings. The van der Waals surface area contributed by atoms with E-state index in [0.717, 1.165) is 28.3 Å². The van der Waals surface area contributed by atoms with Crippen LogP contribution in [0.1, 0.15) is 32.1 Å². The zero-order chi connectivity index (χ0) is 13.7. The Morgan fingerprint density at radius 2 is 2.00 bits per heavy atom. The maximum atomic E-state index is 6.02. The van der Waals surface area contributed by atoms with Gasteiger partial charge in [-0.15, -0.1) is 0 Å². The zero-order valence-electron chi connectivity index (χ0n) is 11.3. The number of thiol groups is 1. The summed E-state index contributed by atoms with van der Waals surface area (Å²) in [4.78, 5) is 0. The van der Waals surface area contributed by atoms with Crippen LogP contribution in [0, 0.1) is 5.41 Å². The molecule has 0 bridgehead atoms. The summed E-state index contributed by atoms with van der Waals surface area (Å²) < 4.78 is 12.1. The van der Waals surface area contributed by atoms with Crippen molar-refractivity contribution in [1.82, 2.24) is 0 Å². The van der Waals surface area contributed by atoms with E-state index in [1.54, 1.807) is 7.11 Å². The summed E-state index contributed by atoms with van der Waals surface area (Å²) in [6.07, 6.45) is 6.40. The van der Waals surface area contributed by atoms with Gasteiger partial charge in [0.2, 0.25) is 0 Å². The molecule has 1 aliphatic carbocycles. The van der Waals surface area contributed by atoms with Crippen LogP contribution in [-0.2, 0) is 0 Å². The van der Waals surface area contributed by atoms with E-state index >= 15 is 0 Å². The van der Waals surface area contributed by atoms with Crippen molar-refractivity contribution in [2.75, 3.05) is 19.5 Å². The van der Waals surface area contributed by atoms with Crippen LogP contribution in [0.4, 0.5) is 0 Å². The van der Waals surface area contributed by atoms with Crippen molar-refractivity contribution in [1.29, 1.82) is 0 Å². The molecular formula is C15H21BrO2S. The number of hydrogen-bond acceptors (Lipinski definition) is 3. The van der Waals surface area contributed by atoms with Crippen LogP contribution < -0.4 is 9.47 Å². The van der Waals surface area contributed by atoms with Crippen LogP contribution in [0.2, 0.25) is 0 Å². The molecule has 0 unspecified atom stereocenters. The molecule has 2 nitrogen and oxygen atoms in total. The molecule has 1 saturated carbocycles. The first-order chi connectivity index (χ1) is 9.19. The second kappa shape index (κ2) is 6.89. The second-order valence-electron chi connectivity index (χ2n) is 5.30. The first kappa shape index (κ1) is 15.0. The lowest BCUT2D eigenvalue weighted by molar-refractivity contribution is 0.120. The fraction of sp³-hybridized carbons (Fsp3) is 0.600. The van der Waals surface area contributed by atoms with Gasteiger partial charge >= 0.3 is 0 Å². The van der Waals surface area contributed by atoms with E-state index in [2.05, 4.69) is 28.6 Å². The molecule has 4 heteroatoms. The number of ether oxygens (including phenoxy) is 2. The molecule has 0 aliphatic heterocycles. The lowest BCUT2D eigenvalue weighted by Crippen LogP contribution is -2.33. The number of hydrogen-bond donors (Lipinski definition) is 1. The molecule has 1 aliphatic rings. The third-order valence-corrected chi connectivity index (χ3v) is 5.21. The van der Waals surface area contributed by atoms with Crippen molar-refractivity contribution >= 4 is 28.6 Å². The normalized spacial score (nSPS) is 18.1. The van der Waals surface area contributed by atoms with Gasteiger partial charge in [0, 0.05) is 5.41 Å². The highest BCUT2D eigenvalue weighted by Crippen LogP contribution is 2.39. The molecule has 0 amide bonds. The molecule has 1 aromatic carbocycles. The van der Waals surface area contributed by atoms with Gasteiger partial charge in [-0.3, -0.25) is 0 Å². The average Bonchev–Trinajstić information content (AvgIpc) is 2.47. The van der Waals surface area contributed by atoms with E-state index in [4.69, 9.17) is 9.47 Å². The minimum Gasteiger partial charge on any atom is -0.497 e. The molecule has 0 heterocycles. The number of benzene rings is 1. The van der Waals surface area contributed by atoms with Gasteiger partial charge < -0.3 is 9.47 Å². The van der Waals surface area contributed by atoms with Crippen molar-refractivity contribution in [3.8, 4) is 11.5 Å². The van der Waals surface area contributed by atoms with Crippen LogP contribution >= 0.6 is 28.6 Å². The van der Waals surface area contributed by atoms with E-state index in [-0.39, 0.29) is 5.41 Å². The standard InChI is InChI=1S/C15H21BrO2S/c1-17-12-5-6-14(13(16)9-12)18-10-15(11-19)7-3-2-4-8-15/h5-6,9,19H,2-4,7-8,10-11H2,1H3. The lowest BCUT2D eigenvalue weighted by Gasteiger charge is -2.35. The van der Waals surface area contributed by atoms with Crippen LogP contribution in [0.25, 0.3) is 0 Å². The minimum absolute atomic E-state index is 0.251. The fourth-order valence-corrected chi connectivity index (χ4v) is 3.49. The Labute approximate surface area is 129 Å². The van der Waals surface area contributed by atoms with Gasteiger partial charge in [-0.25, -0.2) is 0 Å². The van der Waals surface area contributed by atoms with E-state index in [1.807, 2.05) is 18.2 Å². The third-order valence-electron chi connectivity index (χ3n) is 3.92. The van der Waals surface area contributed by atoms with Crippen LogP contribution in [0.15, 0.2) is 22.7 Å². The van der Waals surface area contributed by atoms with Crippen molar-refractivity contribution in [3.63, 3.8) is 0 Å². The SMILES string of the molecule is COc1ccc(OCC2(CS)CCCCC2)c(Br)c1. The lowest BCUT2D eigenvalue weighted by atomic mass is 9.76. The highest BCUT2D eigenvalue weighted by Gasteiger charge is 2.31. The van der Waals surface area contributed by atoms with Crippen LogP contribution in [0.3, 0.4) is 0 Å². The summed E-state index contributed by atoms with van der Waals surface area (Å²) in [6, 6.07) is 5.82. The van der Waals surface area contributed by atoms with E-state index in [9.17, 15) is 0 Å². The quantitative estimate of drug-likeness (QED) is 0.779. The zero-order valence-corrected chi connectivity index (χ0v) is 13.8. The number of rotatable bonds is 5. The fourth-order valence-electron chi connectivity index (χ4n) is 2.61. The summed E-state index contributed by atoms with van der Waals surface area (Å²) in [5, 5.41) is 0. The number of halogens is 1. The third kappa shape index (κ3) is 3.82. The maximum absolute atomic E-state index is 6.02. The monoisotopic (exact) mass is 344 g/mol. The van der Waals surface area contributed by atoms with Gasteiger partial charge in [-0.1, -0.05) is 19.3 Å². The summed E-state index contributed by atoms with van der Waals surface area (Å²) in [5.41, 5.74) is 0.251. The second-order valence-corrected chi connectivity index (χ2v) is 6.47. The Hall–Kier alpha value is -0.350.